The minimum Gasteiger partial charge on any atom is -0.497 e. The molecule has 0 atom stereocenters. The van der Waals surface area contributed by atoms with Gasteiger partial charge in [-0.2, -0.15) is 0 Å². The van der Waals surface area contributed by atoms with Crippen molar-refractivity contribution in [2.45, 2.75) is 6.92 Å². The second-order valence-electron chi connectivity index (χ2n) is 3.22. The van der Waals surface area contributed by atoms with Crippen LogP contribution >= 0.6 is 0 Å². The zero-order valence-corrected chi connectivity index (χ0v) is 8.77. The Balaban J connectivity index is 2.44. The first kappa shape index (κ1) is 9.65. The van der Waals surface area contributed by atoms with Crippen molar-refractivity contribution in [3.05, 3.63) is 42.4 Å². The summed E-state index contributed by atoms with van der Waals surface area (Å²) in [7, 11) is 1.66. The molecule has 0 saturated heterocycles. The van der Waals surface area contributed by atoms with Crippen molar-refractivity contribution < 1.29 is 4.74 Å². The van der Waals surface area contributed by atoms with E-state index in [0.29, 0.717) is 0 Å². The van der Waals surface area contributed by atoms with E-state index in [-0.39, 0.29) is 0 Å². The second kappa shape index (κ2) is 4.09. The van der Waals surface area contributed by atoms with Crippen LogP contribution in [0.4, 0.5) is 0 Å². The molecule has 3 nitrogen and oxygen atoms in total. The van der Waals surface area contributed by atoms with Crippen LogP contribution in [0.2, 0.25) is 0 Å². The molecular weight excluding hydrogens is 188 g/mol. The minimum absolute atomic E-state index is 0.773. The molecule has 0 saturated carbocycles. The van der Waals surface area contributed by atoms with Crippen LogP contribution in [0.25, 0.3) is 11.3 Å². The Morgan fingerprint density at radius 2 is 2.07 bits per heavy atom. The molecule has 0 spiro atoms. The summed E-state index contributed by atoms with van der Waals surface area (Å²) in [5.74, 6) is 1.61. The van der Waals surface area contributed by atoms with Gasteiger partial charge in [-0.25, -0.2) is 9.97 Å². The standard InChI is InChI=1S/C12H12N2O/c1-9-13-7-6-12(14-9)10-4-3-5-11(8-10)15-2/h3-8H,1-2H3. The SMILES string of the molecule is COc1cccc(-c2ccnc(C)n2)c1. The number of rotatable bonds is 2. The van der Waals surface area contributed by atoms with E-state index in [1.165, 1.54) is 0 Å². The van der Waals surface area contributed by atoms with E-state index in [4.69, 9.17) is 4.74 Å². The van der Waals surface area contributed by atoms with Gasteiger partial charge < -0.3 is 4.74 Å². The maximum absolute atomic E-state index is 5.16. The first-order chi connectivity index (χ1) is 7.29. The molecule has 3 heteroatoms. The van der Waals surface area contributed by atoms with E-state index < -0.39 is 0 Å². The molecule has 1 heterocycles. The summed E-state index contributed by atoms with van der Waals surface area (Å²) in [6, 6.07) is 9.72. The number of hydrogen-bond donors (Lipinski definition) is 0. The zero-order chi connectivity index (χ0) is 10.7. The first-order valence-electron chi connectivity index (χ1n) is 4.73. The van der Waals surface area contributed by atoms with E-state index in [0.717, 1.165) is 22.8 Å². The average molecular weight is 200 g/mol. The summed E-state index contributed by atoms with van der Waals surface area (Å²) in [6.07, 6.45) is 1.76. The predicted molar refractivity (Wildman–Crippen MR) is 58.8 cm³/mol. The van der Waals surface area contributed by atoms with Crippen LogP contribution in [0.3, 0.4) is 0 Å². The Morgan fingerprint density at radius 3 is 2.80 bits per heavy atom. The predicted octanol–water partition coefficient (Wildman–Crippen LogP) is 2.46. The van der Waals surface area contributed by atoms with Crippen LogP contribution in [-0.4, -0.2) is 17.1 Å². The Kier molecular flexibility index (Phi) is 2.63. The normalized spacial score (nSPS) is 10.0. The molecule has 0 N–H and O–H groups in total. The maximum atomic E-state index is 5.16. The van der Waals surface area contributed by atoms with E-state index in [9.17, 15) is 0 Å². The summed E-state index contributed by atoms with van der Waals surface area (Å²) in [6.45, 7) is 1.88. The number of aryl methyl sites for hydroxylation is 1. The number of nitrogens with zero attached hydrogens (tertiary/aromatic N) is 2. The van der Waals surface area contributed by atoms with Crippen LogP contribution in [0, 0.1) is 6.92 Å². The van der Waals surface area contributed by atoms with Crippen molar-refractivity contribution >= 4 is 0 Å². The van der Waals surface area contributed by atoms with E-state index in [1.54, 1.807) is 13.3 Å². The lowest BCUT2D eigenvalue weighted by molar-refractivity contribution is 0.415. The van der Waals surface area contributed by atoms with Crippen LogP contribution in [0.5, 0.6) is 5.75 Å². The highest BCUT2D eigenvalue weighted by molar-refractivity contribution is 5.60. The van der Waals surface area contributed by atoms with Gasteiger partial charge in [-0.15, -0.1) is 0 Å². The van der Waals surface area contributed by atoms with Crippen molar-refractivity contribution in [1.29, 1.82) is 0 Å². The Morgan fingerprint density at radius 1 is 1.20 bits per heavy atom. The van der Waals surface area contributed by atoms with Crippen LogP contribution < -0.4 is 4.74 Å². The topological polar surface area (TPSA) is 35.0 Å². The summed E-state index contributed by atoms with van der Waals surface area (Å²) < 4.78 is 5.16. The highest BCUT2D eigenvalue weighted by atomic mass is 16.5. The van der Waals surface area contributed by atoms with Gasteiger partial charge in [-0.1, -0.05) is 12.1 Å². The summed E-state index contributed by atoms with van der Waals surface area (Å²) in [5.41, 5.74) is 1.96. The molecule has 0 aliphatic carbocycles. The third-order valence-corrected chi connectivity index (χ3v) is 2.14. The molecule has 0 fully saturated rings. The second-order valence-corrected chi connectivity index (χ2v) is 3.22. The monoisotopic (exact) mass is 200 g/mol. The summed E-state index contributed by atoms with van der Waals surface area (Å²) in [4.78, 5) is 8.42. The fourth-order valence-corrected chi connectivity index (χ4v) is 1.40. The minimum atomic E-state index is 0.773. The van der Waals surface area contributed by atoms with Crippen LogP contribution in [0.1, 0.15) is 5.82 Å². The molecule has 2 aromatic rings. The average Bonchev–Trinajstić information content (AvgIpc) is 2.29. The number of aromatic nitrogens is 2. The van der Waals surface area contributed by atoms with E-state index in [2.05, 4.69) is 9.97 Å². The summed E-state index contributed by atoms with van der Waals surface area (Å²) in [5, 5.41) is 0. The van der Waals surface area contributed by atoms with Crippen molar-refractivity contribution in [3.63, 3.8) is 0 Å². The van der Waals surface area contributed by atoms with Crippen LogP contribution in [-0.2, 0) is 0 Å². The molecule has 0 amide bonds. The van der Waals surface area contributed by atoms with Crippen molar-refractivity contribution in [2.75, 3.05) is 7.11 Å². The molecule has 0 radical (unpaired) electrons. The van der Waals surface area contributed by atoms with Gasteiger partial charge in [0.05, 0.1) is 12.8 Å². The molecule has 0 aliphatic rings. The third-order valence-electron chi connectivity index (χ3n) is 2.14. The number of benzene rings is 1. The quantitative estimate of drug-likeness (QED) is 0.747. The van der Waals surface area contributed by atoms with Crippen molar-refractivity contribution in [2.24, 2.45) is 0 Å². The molecular formula is C12H12N2O. The Labute approximate surface area is 88.8 Å². The van der Waals surface area contributed by atoms with Gasteiger partial charge in [0.15, 0.2) is 0 Å². The number of hydrogen-bond acceptors (Lipinski definition) is 3. The molecule has 76 valence electrons. The van der Waals surface area contributed by atoms with Crippen LogP contribution in [0.15, 0.2) is 36.5 Å². The largest absolute Gasteiger partial charge is 0.497 e. The number of methoxy groups -OCH3 is 1. The lowest BCUT2D eigenvalue weighted by atomic mass is 10.1. The fourth-order valence-electron chi connectivity index (χ4n) is 1.40. The lowest BCUT2D eigenvalue weighted by Crippen LogP contribution is -1.90. The van der Waals surface area contributed by atoms with Gasteiger partial charge in [0.1, 0.15) is 11.6 Å². The molecule has 2 rings (SSSR count). The molecule has 1 aromatic heterocycles. The third kappa shape index (κ3) is 2.13. The Hall–Kier alpha value is -1.90. The lowest BCUT2D eigenvalue weighted by Gasteiger charge is -2.04. The molecule has 0 aliphatic heterocycles. The fraction of sp³-hybridized carbons (Fsp3) is 0.167. The Bertz CT molecular complexity index is 469. The smallest absolute Gasteiger partial charge is 0.125 e. The van der Waals surface area contributed by atoms with Gasteiger partial charge >= 0.3 is 0 Å². The molecule has 0 bridgehead atoms. The molecule has 15 heavy (non-hydrogen) atoms. The maximum Gasteiger partial charge on any atom is 0.125 e. The van der Waals surface area contributed by atoms with E-state index in [1.807, 2.05) is 37.3 Å². The van der Waals surface area contributed by atoms with Crippen molar-refractivity contribution in [1.82, 2.24) is 9.97 Å². The van der Waals surface area contributed by atoms with Gasteiger partial charge in [0, 0.05) is 11.8 Å². The molecule has 1 aromatic carbocycles. The molecule has 0 unspecified atom stereocenters. The van der Waals surface area contributed by atoms with Gasteiger partial charge in [-0.05, 0) is 25.1 Å². The van der Waals surface area contributed by atoms with Crippen molar-refractivity contribution in [3.8, 4) is 17.0 Å². The van der Waals surface area contributed by atoms with Gasteiger partial charge in [-0.3, -0.25) is 0 Å². The summed E-state index contributed by atoms with van der Waals surface area (Å²) >= 11 is 0. The van der Waals surface area contributed by atoms with Gasteiger partial charge in [0.2, 0.25) is 0 Å². The zero-order valence-electron chi connectivity index (χ0n) is 8.77. The highest BCUT2D eigenvalue weighted by Crippen LogP contribution is 2.21. The number of ether oxygens (including phenoxy) is 1. The van der Waals surface area contributed by atoms with E-state index >= 15 is 0 Å². The first-order valence-corrected chi connectivity index (χ1v) is 4.73. The highest BCUT2D eigenvalue weighted by Gasteiger charge is 2.00. The van der Waals surface area contributed by atoms with Gasteiger partial charge in [0.25, 0.3) is 0 Å².